The summed E-state index contributed by atoms with van der Waals surface area (Å²) in [5.41, 5.74) is -2.90. The van der Waals surface area contributed by atoms with Crippen LogP contribution in [-0.4, -0.2) is 23.1 Å². The van der Waals surface area contributed by atoms with Crippen molar-refractivity contribution in [2.75, 3.05) is 13.1 Å². The van der Waals surface area contributed by atoms with Gasteiger partial charge in [-0.25, -0.2) is 9.97 Å². The molecular weight excluding hydrogens is 360 g/mol. The van der Waals surface area contributed by atoms with Crippen molar-refractivity contribution < 1.29 is 26.3 Å². The zero-order chi connectivity index (χ0) is 18.9. The SMILES string of the molecule is FC(F)(F)c1cc(-c2ccnc(C3CCNCC3)n2)cc(C(F)(F)F)c1. The molecule has 1 fully saturated rings. The lowest BCUT2D eigenvalue weighted by atomic mass is 9.97. The summed E-state index contributed by atoms with van der Waals surface area (Å²) >= 11 is 0. The molecular formula is C17H15F6N3. The highest BCUT2D eigenvalue weighted by molar-refractivity contribution is 5.62. The Morgan fingerprint density at radius 2 is 1.46 bits per heavy atom. The molecule has 0 bridgehead atoms. The van der Waals surface area contributed by atoms with Crippen molar-refractivity contribution in [3.8, 4) is 11.3 Å². The number of halogens is 6. The van der Waals surface area contributed by atoms with Crippen molar-refractivity contribution in [3.05, 3.63) is 47.4 Å². The van der Waals surface area contributed by atoms with Gasteiger partial charge in [0.2, 0.25) is 0 Å². The van der Waals surface area contributed by atoms with Crippen molar-refractivity contribution in [3.63, 3.8) is 0 Å². The van der Waals surface area contributed by atoms with Crippen LogP contribution in [0.2, 0.25) is 0 Å². The van der Waals surface area contributed by atoms with E-state index in [0.717, 1.165) is 25.9 Å². The summed E-state index contributed by atoms with van der Waals surface area (Å²) in [7, 11) is 0. The molecule has 26 heavy (non-hydrogen) atoms. The van der Waals surface area contributed by atoms with Gasteiger partial charge in [0, 0.05) is 17.7 Å². The fourth-order valence-electron chi connectivity index (χ4n) is 2.91. The monoisotopic (exact) mass is 375 g/mol. The van der Waals surface area contributed by atoms with Crippen LogP contribution in [0.5, 0.6) is 0 Å². The zero-order valence-electron chi connectivity index (χ0n) is 13.5. The van der Waals surface area contributed by atoms with E-state index in [1.807, 2.05) is 0 Å². The topological polar surface area (TPSA) is 37.8 Å². The lowest BCUT2D eigenvalue weighted by Gasteiger charge is -2.21. The molecule has 0 aliphatic carbocycles. The van der Waals surface area contributed by atoms with Gasteiger partial charge in [0.05, 0.1) is 16.8 Å². The average Bonchev–Trinajstić information content (AvgIpc) is 2.61. The minimum Gasteiger partial charge on any atom is -0.317 e. The molecule has 0 amide bonds. The van der Waals surface area contributed by atoms with Gasteiger partial charge in [-0.3, -0.25) is 0 Å². The number of nitrogens with zero attached hydrogens (tertiary/aromatic N) is 2. The summed E-state index contributed by atoms with van der Waals surface area (Å²) in [6.07, 6.45) is -6.88. The van der Waals surface area contributed by atoms with E-state index in [-0.39, 0.29) is 23.2 Å². The number of nitrogens with one attached hydrogen (secondary N) is 1. The molecule has 1 N–H and O–H groups in total. The summed E-state index contributed by atoms with van der Waals surface area (Å²) < 4.78 is 78.1. The Bertz CT molecular complexity index is 747. The molecule has 0 atom stereocenters. The predicted molar refractivity (Wildman–Crippen MR) is 82.3 cm³/mol. The Hall–Kier alpha value is -2.16. The van der Waals surface area contributed by atoms with E-state index in [1.165, 1.54) is 12.3 Å². The standard InChI is InChI=1S/C17H15F6N3/c18-16(19,20)12-7-11(8-13(9-12)17(21,22)23)14-3-6-25-15(26-14)10-1-4-24-5-2-10/h3,6-10,24H,1-2,4-5H2. The van der Waals surface area contributed by atoms with Gasteiger partial charge < -0.3 is 5.32 Å². The molecule has 1 aliphatic rings. The summed E-state index contributed by atoms with van der Waals surface area (Å²) in [5, 5.41) is 3.17. The molecule has 1 aromatic carbocycles. The van der Waals surface area contributed by atoms with Gasteiger partial charge in [-0.05, 0) is 50.2 Å². The van der Waals surface area contributed by atoms with Gasteiger partial charge in [-0.2, -0.15) is 26.3 Å². The first-order valence-electron chi connectivity index (χ1n) is 7.98. The molecule has 3 nitrogen and oxygen atoms in total. The maximum Gasteiger partial charge on any atom is 0.416 e. The second kappa shape index (κ2) is 6.86. The Labute approximate surface area is 145 Å². The largest absolute Gasteiger partial charge is 0.416 e. The highest BCUT2D eigenvalue weighted by atomic mass is 19.4. The summed E-state index contributed by atoms with van der Waals surface area (Å²) in [5.74, 6) is 0.471. The normalized spacial score (nSPS) is 16.7. The van der Waals surface area contributed by atoms with Crippen LogP contribution in [0.1, 0.15) is 35.7 Å². The van der Waals surface area contributed by atoms with Crippen molar-refractivity contribution in [2.45, 2.75) is 31.1 Å². The Kier molecular flexibility index (Phi) is 4.92. The molecule has 2 aromatic rings. The van der Waals surface area contributed by atoms with Crippen molar-refractivity contribution in [1.82, 2.24) is 15.3 Å². The van der Waals surface area contributed by atoms with E-state index in [0.29, 0.717) is 18.0 Å². The van der Waals surface area contributed by atoms with Crippen LogP contribution in [0.3, 0.4) is 0 Å². The first kappa shape index (κ1) is 18.6. The molecule has 1 saturated heterocycles. The van der Waals surface area contributed by atoms with Crippen molar-refractivity contribution in [1.29, 1.82) is 0 Å². The molecule has 2 heterocycles. The van der Waals surface area contributed by atoms with E-state index in [1.54, 1.807) is 0 Å². The van der Waals surface area contributed by atoms with E-state index in [2.05, 4.69) is 15.3 Å². The fourth-order valence-corrected chi connectivity index (χ4v) is 2.91. The maximum atomic E-state index is 13.0. The Balaban J connectivity index is 2.05. The number of rotatable bonds is 2. The van der Waals surface area contributed by atoms with Gasteiger partial charge in [-0.15, -0.1) is 0 Å². The Morgan fingerprint density at radius 1 is 0.885 bits per heavy atom. The third-order valence-electron chi connectivity index (χ3n) is 4.26. The van der Waals surface area contributed by atoms with Crippen molar-refractivity contribution in [2.24, 2.45) is 0 Å². The maximum absolute atomic E-state index is 13.0. The minimum atomic E-state index is -4.89. The van der Waals surface area contributed by atoms with Crippen LogP contribution in [0.25, 0.3) is 11.3 Å². The molecule has 0 spiro atoms. The lowest BCUT2D eigenvalue weighted by Crippen LogP contribution is -2.27. The molecule has 9 heteroatoms. The molecule has 3 rings (SSSR count). The summed E-state index contributed by atoms with van der Waals surface area (Å²) in [6.45, 7) is 1.53. The fraction of sp³-hybridized carbons (Fsp3) is 0.412. The molecule has 140 valence electrons. The van der Waals surface area contributed by atoms with E-state index < -0.39 is 23.5 Å². The number of aromatic nitrogens is 2. The highest BCUT2D eigenvalue weighted by Crippen LogP contribution is 2.38. The summed E-state index contributed by atoms with van der Waals surface area (Å²) in [4.78, 5) is 8.39. The second-order valence-electron chi connectivity index (χ2n) is 6.12. The van der Waals surface area contributed by atoms with Crippen LogP contribution < -0.4 is 5.32 Å². The van der Waals surface area contributed by atoms with E-state index >= 15 is 0 Å². The average molecular weight is 375 g/mol. The number of benzene rings is 1. The molecule has 0 radical (unpaired) electrons. The quantitative estimate of drug-likeness (QED) is 0.777. The number of hydrogen-bond acceptors (Lipinski definition) is 3. The first-order chi connectivity index (χ1) is 12.1. The van der Waals surface area contributed by atoms with Crippen molar-refractivity contribution >= 4 is 0 Å². The zero-order valence-corrected chi connectivity index (χ0v) is 13.5. The van der Waals surface area contributed by atoms with Crippen LogP contribution in [0, 0.1) is 0 Å². The van der Waals surface area contributed by atoms with Crippen LogP contribution >= 0.6 is 0 Å². The van der Waals surface area contributed by atoms with E-state index in [9.17, 15) is 26.3 Å². The van der Waals surface area contributed by atoms with Gasteiger partial charge in [0.25, 0.3) is 0 Å². The Morgan fingerprint density at radius 3 is 2.00 bits per heavy atom. The number of alkyl halides is 6. The van der Waals surface area contributed by atoms with Gasteiger partial charge >= 0.3 is 12.4 Å². The van der Waals surface area contributed by atoms with E-state index in [4.69, 9.17) is 0 Å². The van der Waals surface area contributed by atoms with Gasteiger partial charge in [0.15, 0.2) is 0 Å². The molecule has 1 aromatic heterocycles. The van der Waals surface area contributed by atoms with Gasteiger partial charge in [-0.1, -0.05) is 0 Å². The number of hydrogen-bond donors (Lipinski definition) is 1. The second-order valence-corrected chi connectivity index (χ2v) is 6.12. The smallest absolute Gasteiger partial charge is 0.317 e. The minimum absolute atomic E-state index is 0.0316. The third kappa shape index (κ3) is 4.14. The van der Waals surface area contributed by atoms with Crippen LogP contribution in [0.4, 0.5) is 26.3 Å². The predicted octanol–water partition coefficient (Wildman–Crippen LogP) is 4.65. The van der Waals surface area contributed by atoms with Crippen LogP contribution in [0.15, 0.2) is 30.5 Å². The van der Waals surface area contributed by atoms with Crippen LogP contribution in [-0.2, 0) is 12.4 Å². The molecule has 0 saturated carbocycles. The summed E-state index contributed by atoms with van der Waals surface area (Å²) in [6, 6.07) is 2.80. The molecule has 1 aliphatic heterocycles. The third-order valence-corrected chi connectivity index (χ3v) is 4.26. The first-order valence-corrected chi connectivity index (χ1v) is 7.98. The molecule has 0 unspecified atom stereocenters. The van der Waals surface area contributed by atoms with Gasteiger partial charge in [0.1, 0.15) is 5.82 Å². The lowest BCUT2D eigenvalue weighted by molar-refractivity contribution is -0.143. The highest BCUT2D eigenvalue weighted by Gasteiger charge is 2.37. The number of piperidine rings is 1.